The lowest BCUT2D eigenvalue weighted by molar-refractivity contribution is -0.146. The first kappa shape index (κ1) is 16.5. The smallest absolute Gasteiger partial charge is 0.308 e. The van der Waals surface area contributed by atoms with E-state index in [0.29, 0.717) is 13.2 Å². The summed E-state index contributed by atoms with van der Waals surface area (Å²) in [5, 5.41) is 0. The average molecular weight is 279 g/mol. The Balaban J connectivity index is 3.15. The van der Waals surface area contributed by atoms with Crippen LogP contribution in [0, 0.1) is 0 Å². The van der Waals surface area contributed by atoms with Gasteiger partial charge in [-0.05, 0) is 40.9 Å². The lowest BCUT2D eigenvalue weighted by Gasteiger charge is -2.37. The van der Waals surface area contributed by atoms with Gasteiger partial charge in [-0.2, -0.15) is 0 Å². The summed E-state index contributed by atoms with van der Waals surface area (Å²) < 4.78 is 10.8. The number of hydrogen-bond acceptors (Lipinski definition) is 4. The molecule has 1 rings (SSSR count). The number of benzene rings is 1. The molecule has 4 nitrogen and oxygen atoms in total. The van der Waals surface area contributed by atoms with Crippen molar-refractivity contribution in [1.82, 2.24) is 4.90 Å². The highest BCUT2D eigenvalue weighted by Crippen LogP contribution is 2.36. The standard InChI is InChI=1S/C16H25NO3/c1-6-19-14-11-9-8-10-13(14)16(3,17(4)5)12-15(18)20-7-2/h8-11H,6-7,12H2,1-5H3. The van der Waals surface area contributed by atoms with E-state index >= 15 is 0 Å². The zero-order valence-corrected chi connectivity index (χ0v) is 13.1. The van der Waals surface area contributed by atoms with Crippen molar-refractivity contribution < 1.29 is 14.3 Å². The van der Waals surface area contributed by atoms with Crippen LogP contribution in [-0.2, 0) is 15.1 Å². The summed E-state index contributed by atoms with van der Waals surface area (Å²) in [6.45, 7) is 6.80. The van der Waals surface area contributed by atoms with E-state index in [-0.39, 0.29) is 12.4 Å². The van der Waals surface area contributed by atoms with Gasteiger partial charge in [0.25, 0.3) is 0 Å². The minimum absolute atomic E-state index is 0.199. The second-order valence-corrected chi connectivity index (χ2v) is 5.08. The second kappa shape index (κ2) is 7.29. The van der Waals surface area contributed by atoms with Gasteiger partial charge in [0.1, 0.15) is 5.75 Å². The third-order valence-corrected chi connectivity index (χ3v) is 3.55. The molecule has 1 atom stereocenters. The van der Waals surface area contributed by atoms with Crippen LogP contribution in [0.25, 0.3) is 0 Å². The summed E-state index contributed by atoms with van der Waals surface area (Å²) in [6.07, 6.45) is 0.290. The summed E-state index contributed by atoms with van der Waals surface area (Å²) in [5.74, 6) is 0.616. The fourth-order valence-electron chi connectivity index (χ4n) is 2.18. The lowest BCUT2D eigenvalue weighted by Crippen LogP contribution is -2.41. The molecule has 1 unspecified atom stereocenters. The van der Waals surface area contributed by atoms with Crippen LogP contribution in [0.3, 0.4) is 0 Å². The number of nitrogens with zero attached hydrogens (tertiary/aromatic N) is 1. The molecule has 0 heterocycles. The molecule has 0 bridgehead atoms. The van der Waals surface area contributed by atoms with Crippen LogP contribution >= 0.6 is 0 Å². The molecule has 0 aliphatic rings. The molecule has 0 saturated carbocycles. The monoisotopic (exact) mass is 279 g/mol. The topological polar surface area (TPSA) is 38.8 Å². The van der Waals surface area contributed by atoms with Crippen LogP contribution in [0.4, 0.5) is 0 Å². The van der Waals surface area contributed by atoms with Gasteiger partial charge in [-0.3, -0.25) is 9.69 Å². The zero-order chi connectivity index (χ0) is 15.2. The first-order valence-electron chi connectivity index (χ1n) is 7.01. The highest BCUT2D eigenvalue weighted by Gasteiger charge is 2.35. The number of esters is 1. The van der Waals surface area contributed by atoms with E-state index in [2.05, 4.69) is 0 Å². The van der Waals surface area contributed by atoms with Crippen LogP contribution < -0.4 is 4.74 Å². The fourth-order valence-corrected chi connectivity index (χ4v) is 2.18. The minimum Gasteiger partial charge on any atom is -0.494 e. The number of rotatable bonds is 7. The second-order valence-electron chi connectivity index (χ2n) is 5.08. The number of ether oxygens (including phenoxy) is 2. The highest BCUT2D eigenvalue weighted by molar-refractivity contribution is 5.71. The van der Waals surface area contributed by atoms with Gasteiger partial charge in [-0.25, -0.2) is 0 Å². The van der Waals surface area contributed by atoms with Gasteiger partial charge < -0.3 is 9.47 Å². The molecule has 0 aromatic heterocycles. The Kier molecular flexibility index (Phi) is 6.02. The lowest BCUT2D eigenvalue weighted by atomic mass is 9.86. The number of para-hydroxylation sites is 1. The zero-order valence-electron chi connectivity index (χ0n) is 13.1. The van der Waals surface area contributed by atoms with E-state index in [1.165, 1.54) is 0 Å². The maximum absolute atomic E-state index is 11.9. The Bertz CT molecular complexity index is 445. The molecule has 0 fully saturated rings. The molecule has 0 radical (unpaired) electrons. The van der Waals surface area contributed by atoms with Gasteiger partial charge in [-0.1, -0.05) is 18.2 Å². The molecule has 20 heavy (non-hydrogen) atoms. The third-order valence-electron chi connectivity index (χ3n) is 3.55. The van der Waals surface area contributed by atoms with Crippen LogP contribution in [-0.4, -0.2) is 38.2 Å². The van der Waals surface area contributed by atoms with Crippen molar-refractivity contribution in [3.63, 3.8) is 0 Å². The van der Waals surface area contributed by atoms with Gasteiger partial charge in [0.05, 0.1) is 25.2 Å². The van der Waals surface area contributed by atoms with Crippen LogP contribution in [0.2, 0.25) is 0 Å². The van der Waals surface area contributed by atoms with Gasteiger partial charge in [0, 0.05) is 5.56 Å². The molecule has 0 saturated heterocycles. The molecule has 0 N–H and O–H groups in total. The number of carbonyl (C=O) groups excluding carboxylic acids is 1. The van der Waals surface area contributed by atoms with E-state index in [0.717, 1.165) is 11.3 Å². The summed E-state index contributed by atoms with van der Waals surface area (Å²) in [7, 11) is 3.92. The van der Waals surface area contributed by atoms with Gasteiger partial charge in [0.2, 0.25) is 0 Å². The molecule has 0 aliphatic carbocycles. The fraction of sp³-hybridized carbons (Fsp3) is 0.562. The summed E-state index contributed by atoms with van der Waals surface area (Å²) in [6, 6.07) is 7.84. The maximum atomic E-state index is 11.9. The van der Waals surface area contributed by atoms with E-state index in [1.807, 2.05) is 64.0 Å². The van der Waals surface area contributed by atoms with Crippen LogP contribution in [0.1, 0.15) is 32.8 Å². The Hall–Kier alpha value is -1.55. The summed E-state index contributed by atoms with van der Waals surface area (Å²) >= 11 is 0. The molecule has 0 aliphatic heterocycles. The van der Waals surface area contributed by atoms with Crippen molar-refractivity contribution in [2.75, 3.05) is 27.3 Å². The van der Waals surface area contributed by atoms with Crippen molar-refractivity contribution in [1.29, 1.82) is 0 Å². The van der Waals surface area contributed by atoms with Crippen molar-refractivity contribution in [2.45, 2.75) is 32.7 Å². The normalized spacial score (nSPS) is 13.9. The predicted molar refractivity (Wildman–Crippen MR) is 79.9 cm³/mol. The SMILES string of the molecule is CCOC(=O)CC(C)(c1ccccc1OCC)N(C)C. The average Bonchev–Trinajstić information content (AvgIpc) is 2.39. The molecular weight excluding hydrogens is 254 g/mol. The van der Waals surface area contributed by atoms with E-state index in [1.54, 1.807) is 0 Å². The van der Waals surface area contributed by atoms with Crippen LogP contribution in [0.15, 0.2) is 24.3 Å². The molecule has 0 amide bonds. The Morgan fingerprint density at radius 1 is 1.20 bits per heavy atom. The molecule has 1 aromatic carbocycles. The molecule has 0 spiro atoms. The summed E-state index contributed by atoms with van der Waals surface area (Å²) in [5.41, 5.74) is 0.540. The van der Waals surface area contributed by atoms with Crippen molar-refractivity contribution in [2.24, 2.45) is 0 Å². The van der Waals surface area contributed by atoms with Crippen molar-refractivity contribution in [3.8, 4) is 5.75 Å². The summed E-state index contributed by atoms with van der Waals surface area (Å²) in [4.78, 5) is 13.9. The number of carbonyl (C=O) groups is 1. The largest absolute Gasteiger partial charge is 0.494 e. The van der Waals surface area contributed by atoms with E-state index in [4.69, 9.17) is 9.47 Å². The van der Waals surface area contributed by atoms with Crippen molar-refractivity contribution in [3.05, 3.63) is 29.8 Å². The molecular formula is C16H25NO3. The number of hydrogen-bond donors (Lipinski definition) is 0. The van der Waals surface area contributed by atoms with Gasteiger partial charge >= 0.3 is 5.97 Å². The molecule has 112 valence electrons. The predicted octanol–water partition coefficient (Wildman–Crippen LogP) is 2.82. The molecule has 4 heteroatoms. The van der Waals surface area contributed by atoms with Crippen LogP contribution in [0.5, 0.6) is 5.75 Å². The first-order valence-corrected chi connectivity index (χ1v) is 7.01. The van der Waals surface area contributed by atoms with Crippen molar-refractivity contribution >= 4 is 5.97 Å². The highest BCUT2D eigenvalue weighted by atomic mass is 16.5. The van der Waals surface area contributed by atoms with Gasteiger partial charge in [-0.15, -0.1) is 0 Å². The Labute approximate surface area is 121 Å². The quantitative estimate of drug-likeness (QED) is 0.719. The minimum atomic E-state index is -0.460. The van der Waals surface area contributed by atoms with E-state index in [9.17, 15) is 4.79 Å². The third kappa shape index (κ3) is 3.73. The van der Waals surface area contributed by atoms with Gasteiger partial charge in [0.15, 0.2) is 0 Å². The van der Waals surface area contributed by atoms with E-state index < -0.39 is 5.54 Å². The first-order chi connectivity index (χ1) is 9.45. The molecule has 1 aromatic rings. The maximum Gasteiger partial charge on any atom is 0.308 e. The Morgan fingerprint density at radius 2 is 1.85 bits per heavy atom. The Morgan fingerprint density at radius 3 is 2.40 bits per heavy atom.